The summed E-state index contributed by atoms with van der Waals surface area (Å²) >= 11 is 0. The van der Waals surface area contributed by atoms with E-state index in [0.29, 0.717) is 0 Å². The van der Waals surface area contributed by atoms with Crippen molar-refractivity contribution in [2.45, 2.75) is 0 Å². The molecule has 58 valence electrons. The summed E-state index contributed by atoms with van der Waals surface area (Å²) in [5.74, 6) is 0. The van der Waals surface area contributed by atoms with Crippen molar-refractivity contribution >= 4 is 13.5 Å². The maximum Gasteiger partial charge on any atom is 0.144 e. The predicted octanol–water partition coefficient (Wildman–Crippen LogP) is 0.787. The summed E-state index contributed by atoms with van der Waals surface area (Å²) < 4.78 is 8.44. The molecule has 2 heterocycles. The summed E-state index contributed by atoms with van der Waals surface area (Å²) in [6, 6.07) is 0. The van der Waals surface area contributed by atoms with E-state index in [0.717, 1.165) is 0 Å². The third-order valence-corrected chi connectivity index (χ3v) is 0.565. The first-order valence-electron chi connectivity index (χ1n) is 2.42. The SMILES string of the molecule is [S].c1conn1.c1conn1. The van der Waals surface area contributed by atoms with Gasteiger partial charge in [0.1, 0.15) is 12.5 Å². The van der Waals surface area contributed by atoms with Gasteiger partial charge in [-0.1, -0.05) is 0 Å². The Labute approximate surface area is 69.0 Å². The zero-order chi connectivity index (χ0) is 7.07. The van der Waals surface area contributed by atoms with Crippen LogP contribution >= 0.6 is 13.5 Å². The highest BCUT2D eigenvalue weighted by atomic mass is 32.1. The third kappa shape index (κ3) is 5.09. The van der Waals surface area contributed by atoms with Gasteiger partial charge in [0.25, 0.3) is 0 Å². The second-order valence-electron chi connectivity index (χ2n) is 1.18. The van der Waals surface area contributed by atoms with Crippen molar-refractivity contribution in [2.24, 2.45) is 0 Å². The van der Waals surface area contributed by atoms with E-state index in [1.54, 1.807) is 0 Å². The van der Waals surface area contributed by atoms with E-state index in [1.807, 2.05) is 0 Å². The fourth-order valence-electron chi connectivity index (χ4n) is 0.272. The Hall–Kier alpha value is -1.37. The van der Waals surface area contributed by atoms with Crippen molar-refractivity contribution in [3.8, 4) is 0 Å². The minimum absolute atomic E-state index is 0. The maximum atomic E-state index is 4.22. The Kier molecular flexibility index (Phi) is 5.91. The van der Waals surface area contributed by atoms with Gasteiger partial charge in [-0.3, -0.25) is 0 Å². The lowest BCUT2D eigenvalue weighted by atomic mass is 11.0. The molecular formula is C4H4N4O2S. The number of hydrogen-bond donors (Lipinski definition) is 0. The number of nitrogens with zero attached hydrogens (tertiary/aromatic N) is 4. The van der Waals surface area contributed by atoms with Crippen molar-refractivity contribution in [1.82, 2.24) is 20.7 Å². The average Bonchev–Trinajstić information content (AvgIpc) is 2.67. The standard InChI is InChI=1S/2C2H2N2O.S/c2*1-2-5-4-3-1;/h2*1-2H;. The van der Waals surface area contributed by atoms with Crippen LogP contribution in [0.5, 0.6) is 0 Å². The molecule has 2 rings (SSSR count). The van der Waals surface area contributed by atoms with E-state index < -0.39 is 0 Å². The van der Waals surface area contributed by atoms with Crippen molar-refractivity contribution < 1.29 is 9.05 Å². The van der Waals surface area contributed by atoms with E-state index in [9.17, 15) is 0 Å². The molecule has 7 heteroatoms. The minimum Gasteiger partial charge on any atom is -0.346 e. The van der Waals surface area contributed by atoms with E-state index in [4.69, 9.17) is 0 Å². The van der Waals surface area contributed by atoms with Gasteiger partial charge >= 0.3 is 0 Å². The van der Waals surface area contributed by atoms with Crippen LogP contribution in [0.15, 0.2) is 34.0 Å². The fraction of sp³-hybridized carbons (Fsp3) is 0. The van der Waals surface area contributed by atoms with Crippen LogP contribution in [0.2, 0.25) is 0 Å². The molecule has 0 aliphatic carbocycles. The van der Waals surface area contributed by atoms with Crippen LogP contribution in [-0.4, -0.2) is 20.7 Å². The molecule has 0 saturated carbocycles. The zero-order valence-electron chi connectivity index (χ0n) is 5.32. The predicted molar refractivity (Wildman–Crippen MR) is 36.2 cm³/mol. The summed E-state index contributed by atoms with van der Waals surface area (Å²) in [4.78, 5) is 0. The van der Waals surface area contributed by atoms with E-state index in [1.165, 1.54) is 24.9 Å². The van der Waals surface area contributed by atoms with Crippen LogP contribution in [0.25, 0.3) is 0 Å². The number of aromatic nitrogens is 4. The molecule has 0 fully saturated rings. The molecule has 2 radical (unpaired) electrons. The molecule has 0 aliphatic rings. The summed E-state index contributed by atoms with van der Waals surface area (Å²) in [6.07, 6.45) is 5.75. The highest BCUT2D eigenvalue weighted by molar-refractivity contribution is 7.59. The maximum absolute atomic E-state index is 4.22. The van der Waals surface area contributed by atoms with Crippen LogP contribution in [0, 0.1) is 0 Å². The van der Waals surface area contributed by atoms with Gasteiger partial charge < -0.3 is 9.05 Å². The Balaban J connectivity index is 0.000000167. The number of hydrogen-bond acceptors (Lipinski definition) is 6. The van der Waals surface area contributed by atoms with Crippen molar-refractivity contribution in [2.75, 3.05) is 0 Å². The molecular weight excluding hydrogens is 168 g/mol. The van der Waals surface area contributed by atoms with Gasteiger partial charge in [-0.2, -0.15) is 0 Å². The molecule has 0 aliphatic heterocycles. The van der Waals surface area contributed by atoms with Crippen molar-refractivity contribution in [3.63, 3.8) is 0 Å². The summed E-state index contributed by atoms with van der Waals surface area (Å²) in [6.45, 7) is 0. The molecule has 0 atom stereocenters. The second-order valence-corrected chi connectivity index (χ2v) is 1.18. The molecule has 2 aromatic heterocycles. The molecule has 0 N–H and O–H groups in total. The minimum atomic E-state index is 0. The molecule has 0 saturated heterocycles. The highest BCUT2D eigenvalue weighted by Crippen LogP contribution is 1.65. The molecule has 6 nitrogen and oxygen atoms in total. The first-order chi connectivity index (χ1) is 5.00. The molecule has 0 bridgehead atoms. The lowest BCUT2D eigenvalue weighted by Crippen LogP contribution is -1.53. The van der Waals surface area contributed by atoms with Gasteiger partial charge in [0.05, 0.1) is 12.4 Å². The summed E-state index contributed by atoms with van der Waals surface area (Å²) in [7, 11) is 0. The monoisotopic (exact) mass is 172 g/mol. The Bertz CT molecular complexity index is 159. The largest absolute Gasteiger partial charge is 0.346 e. The van der Waals surface area contributed by atoms with Crippen molar-refractivity contribution in [1.29, 1.82) is 0 Å². The van der Waals surface area contributed by atoms with Gasteiger partial charge in [0, 0.05) is 24.0 Å². The normalized spacial score (nSPS) is 7.27. The van der Waals surface area contributed by atoms with Crippen LogP contribution < -0.4 is 0 Å². The smallest absolute Gasteiger partial charge is 0.144 e. The summed E-state index contributed by atoms with van der Waals surface area (Å²) in [5, 5.41) is 12.8. The lowest BCUT2D eigenvalue weighted by molar-refractivity contribution is 0.392. The van der Waals surface area contributed by atoms with Gasteiger partial charge in [-0.15, -0.1) is 10.2 Å². The molecule has 2 aromatic rings. The van der Waals surface area contributed by atoms with Crippen LogP contribution in [-0.2, 0) is 0 Å². The lowest BCUT2D eigenvalue weighted by Gasteiger charge is -1.45. The Morgan fingerprint density at radius 1 is 0.818 bits per heavy atom. The molecule has 11 heavy (non-hydrogen) atoms. The quantitative estimate of drug-likeness (QED) is 0.584. The molecule has 0 aromatic carbocycles. The zero-order valence-corrected chi connectivity index (χ0v) is 6.14. The van der Waals surface area contributed by atoms with Crippen LogP contribution in [0.3, 0.4) is 0 Å². The third-order valence-electron chi connectivity index (χ3n) is 0.565. The first-order valence-corrected chi connectivity index (χ1v) is 2.42. The first kappa shape index (κ1) is 9.63. The topological polar surface area (TPSA) is 77.8 Å². The van der Waals surface area contributed by atoms with Crippen LogP contribution in [0.1, 0.15) is 0 Å². The van der Waals surface area contributed by atoms with Crippen molar-refractivity contribution in [3.05, 3.63) is 24.9 Å². The number of rotatable bonds is 0. The van der Waals surface area contributed by atoms with E-state index in [-0.39, 0.29) is 13.5 Å². The molecule has 0 amide bonds. The van der Waals surface area contributed by atoms with Gasteiger partial charge in [0.2, 0.25) is 0 Å². The van der Waals surface area contributed by atoms with E-state index >= 15 is 0 Å². The second kappa shape index (κ2) is 6.75. The molecule has 0 spiro atoms. The Morgan fingerprint density at radius 2 is 1.27 bits per heavy atom. The molecule has 0 unspecified atom stereocenters. The summed E-state index contributed by atoms with van der Waals surface area (Å²) in [5.41, 5.74) is 0. The average molecular weight is 172 g/mol. The van der Waals surface area contributed by atoms with Gasteiger partial charge in [-0.05, 0) is 0 Å². The van der Waals surface area contributed by atoms with Gasteiger partial charge in [-0.25, -0.2) is 0 Å². The van der Waals surface area contributed by atoms with E-state index in [2.05, 4.69) is 29.8 Å². The highest BCUT2D eigenvalue weighted by Gasteiger charge is 1.62. The Morgan fingerprint density at radius 3 is 1.36 bits per heavy atom. The van der Waals surface area contributed by atoms with Crippen LogP contribution in [0.4, 0.5) is 0 Å². The fourth-order valence-corrected chi connectivity index (χ4v) is 0.272. The van der Waals surface area contributed by atoms with Gasteiger partial charge in [0.15, 0.2) is 0 Å².